The third-order valence-corrected chi connectivity index (χ3v) is 3.83. The summed E-state index contributed by atoms with van der Waals surface area (Å²) in [6.07, 6.45) is 2.25. The average molecular weight is 298 g/mol. The summed E-state index contributed by atoms with van der Waals surface area (Å²) in [4.78, 5) is 16.2. The van der Waals surface area contributed by atoms with Gasteiger partial charge >= 0.3 is 0 Å². The van der Waals surface area contributed by atoms with E-state index in [0.29, 0.717) is 12.6 Å². The van der Waals surface area contributed by atoms with Crippen molar-refractivity contribution in [2.24, 2.45) is 0 Å². The molecule has 1 aliphatic heterocycles. The van der Waals surface area contributed by atoms with Crippen LogP contribution in [-0.2, 0) is 4.79 Å². The summed E-state index contributed by atoms with van der Waals surface area (Å²) in [5.74, 6) is 0.146. The monoisotopic (exact) mass is 297 g/mol. The third-order valence-electron chi connectivity index (χ3n) is 3.83. The Kier molecular flexibility index (Phi) is 6.99. The van der Waals surface area contributed by atoms with Crippen molar-refractivity contribution in [2.45, 2.75) is 18.9 Å². The topological polar surface area (TPSA) is 35.6 Å². The molecule has 5 heteroatoms. The normalized spacial score (nSPS) is 15.8. The van der Waals surface area contributed by atoms with Crippen LogP contribution in [0.3, 0.4) is 0 Å². The van der Waals surface area contributed by atoms with E-state index in [1.807, 2.05) is 44.4 Å². The van der Waals surface area contributed by atoms with Crippen molar-refractivity contribution in [3.63, 3.8) is 0 Å². The summed E-state index contributed by atoms with van der Waals surface area (Å²) in [7, 11) is 3.89. The number of para-hydroxylation sites is 1. The lowest BCUT2D eigenvalue weighted by molar-refractivity contribution is -0.119. The van der Waals surface area contributed by atoms with Gasteiger partial charge in [0.15, 0.2) is 0 Å². The highest BCUT2D eigenvalue weighted by atomic mass is 35.5. The van der Waals surface area contributed by atoms with E-state index in [9.17, 15) is 4.79 Å². The Hall–Kier alpha value is -1.10. The van der Waals surface area contributed by atoms with Crippen LogP contribution >= 0.6 is 12.4 Å². The van der Waals surface area contributed by atoms with Gasteiger partial charge in [-0.3, -0.25) is 9.69 Å². The Labute approximate surface area is 127 Å². The van der Waals surface area contributed by atoms with Gasteiger partial charge in [-0.15, -0.1) is 12.4 Å². The summed E-state index contributed by atoms with van der Waals surface area (Å²) in [5, 5.41) is 3.35. The van der Waals surface area contributed by atoms with Crippen LogP contribution in [0.5, 0.6) is 0 Å². The van der Waals surface area contributed by atoms with Gasteiger partial charge in [-0.25, -0.2) is 0 Å². The fourth-order valence-electron chi connectivity index (χ4n) is 2.49. The van der Waals surface area contributed by atoms with E-state index in [0.717, 1.165) is 31.6 Å². The number of carbonyl (C=O) groups is 1. The molecule has 1 saturated heterocycles. The predicted octanol–water partition coefficient (Wildman–Crippen LogP) is 1.75. The molecule has 1 heterocycles. The summed E-state index contributed by atoms with van der Waals surface area (Å²) in [5.41, 5.74) is 0.950. The van der Waals surface area contributed by atoms with Gasteiger partial charge in [0.2, 0.25) is 5.91 Å². The summed E-state index contributed by atoms with van der Waals surface area (Å²) in [6, 6.07) is 10.3. The number of benzene rings is 1. The van der Waals surface area contributed by atoms with Crippen LogP contribution in [0.25, 0.3) is 0 Å². The number of carbonyl (C=O) groups excluding carboxylic acids is 1. The van der Waals surface area contributed by atoms with Crippen LogP contribution in [0.15, 0.2) is 30.3 Å². The number of anilines is 1. The summed E-state index contributed by atoms with van der Waals surface area (Å²) >= 11 is 0. The molecule has 1 fully saturated rings. The highest BCUT2D eigenvalue weighted by molar-refractivity contribution is 5.94. The number of halogens is 1. The number of hydrogen-bond acceptors (Lipinski definition) is 3. The van der Waals surface area contributed by atoms with Crippen LogP contribution in [0, 0.1) is 0 Å². The first-order chi connectivity index (χ1) is 9.18. The lowest BCUT2D eigenvalue weighted by Gasteiger charge is -2.32. The van der Waals surface area contributed by atoms with Crippen molar-refractivity contribution in [3.05, 3.63) is 30.3 Å². The molecule has 1 N–H and O–H groups in total. The number of piperidine rings is 1. The second-order valence-corrected chi connectivity index (χ2v) is 5.18. The first-order valence-corrected chi connectivity index (χ1v) is 6.91. The molecule has 0 aromatic heterocycles. The van der Waals surface area contributed by atoms with E-state index < -0.39 is 0 Å². The molecule has 0 unspecified atom stereocenters. The molecule has 0 spiro atoms. The zero-order valence-electron chi connectivity index (χ0n) is 12.2. The zero-order valence-corrected chi connectivity index (χ0v) is 13.0. The van der Waals surface area contributed by atoms with Crippen LogP contribution in [-0.4, -0.2) is 50.6 Å². The van der Waals surface area contributed by atoms with Gasteiger partial charge in [-0.05, 0) is 45.1 Å². The number of rotatable bonds is 4. The van der Waals surface area contributed by atoms with E-state index in [-0.39, 0.29) is 18.3 Å². The molecule has 112 valence electrons. The maximum atomic E-state index is 12.3. The number of hydrogen-bond donors (Lipinski definition) is 1. The molecule has 1 aromatic rings. The molecule has 0 atom stereocenters. The smallest absolute Gasteiger partial charge is 0.240 e. The van der Waals surface area contributed by atoms with E-state index in [2.05, 4.69) is 10.2 Å². The molecule has 0 radical (unpaired) electrons. The Bertz CT molecular complexity index is 407. The van der Waals surface area contributed by atoms with E-state index >= 15 is 0 Å². The quantitative estimate of drug-likeness (QED) is 0.920. The zero-order chi connectivity index (χ0) is 13.7. The maximum Gasteiger partial charge on any atom is 0.240 e. The fourth-order valence-corrected chi connectivity index (χ4v) is 2.49. The molecule has 0 saturated carbocycles. The van der Waals surface area contributed by atoms with Gasteiger partial charge in [0.05, 0.1) is 6.54 Å². The molecule has 0 bridgehead atoms. The molecule has 4 nitrogen and oxygen atoms in total. The molecule has 1 aliphatic rings. The Morgan fingerprint density at radius 1 is 1.20 bits per heavy atom. The Morgan fingerprint density at radius 2 is 1.80 bits per heavy atom. The van der Waals surface area contributed by atoms with Crippen molar-refractivity contribution < 1.29 is 4.79 Å². The van der Waals surface area contributed by atoms with E-state index in [4.69, 9.17) is 0 Å². The second kappa shape index (κ2) is 8.25. The SMILES string of the molecule is CN(C(=O)CN(C)C1CCNCC1)c1ccccc1.Cl. The highest BCUT2D eigenvalue weighted by Crippen LogP contribution is 2.13. The molecule has 2 rings (SSSR count). The summed E-state index contributed by atoms with van der Waals surface area (Å²) in [6.45, 7) is 2.59. The third kappa shape index (κ3) is 4.47. The number of likely N-dealkylation sites (N-methyl/N-ethyl adjacent to an activating group) is 2. The minimum absolute atomic E-state index is 0. The molecule has 1 aromatic carbocycles. The standard InChI is InChI=1S/C15H23N3O.ClH/c1-17(13-8-10-16-11-9-13)12-15(19)18(2)14-6-4-3-5-7-14;/h3-7,13,16H,8-12H2,1-2H3;1H. The van der Waals surface area contributed by atoms with Crippen molar-refractivity contribution in [1.29, 1.82) is 0 Å². The minimum Gasteiger partial charge on any atom is -0.317 e. The predicted molar refractivity (Wildman–Crippen MR) is 85.6 cm³/mol. The van der Waals surface area contributed by atoms with Crippen molar-refractivity contribution in [1.82, 2.24) is 10.2 Å². The molecular weight excluding hydrogens is 274 g/mol. The van der Waals surface area contributed by atoms with Gasteiger partial charge in [0, 0.05) is 18.8 Å². The lowest BCUT2D eigenvalue weighted by Crippen LogP contribution is -2.45. The average Bonchev–Trinajstić information content (AvgIpc) is 2.48. The first kappa shape index (κ1) is 17.0. The van der Waals surface area contributed by atoms with Crippen LogP contribution in [0.4, 0.5) is 5.69 Å². The van der Waals surface area contributed by atoms with Gasteiger partial charge in [0.25, 0.3) is 0 Å². The molecule has 1 amide bonds. The van der Waals surface area contributed by atoms with Gasteiger partial charge in [-0.1, -0.05) is 18.2 Å². The van der Waals surface area contributed by atoms with E-state index in [1.54, 1.807) is 4.90 Å². The van der Waals surface area contributed by atoms with Gasteiger partial charge < -0.3 is 10.2 Å². The Balaban J connectivity index is 0.00000200. The molecule has 20 heavy (non-hydrogen) atoms. The molecule has 0 aliphatic carbocycles. The second-order valence-electron chi connectivity index (χ2n) is 5.18. The van der Waals surface area contributed by atoms with Gasteiger partial charge in [0.1, 0.15) is 0 Å². The number of nitrogens with zero attached hydrogens (tertiary/aromatic N) is 2. The fraction of sp³-hybridized carbons (Fsp3) is 0.533. The lowest BCUT2D eigenvalue weighted by atomic mass is 10.1. The number of nitrogens with one attached hydrogen (secondary N) is 1. The van der Waals surface area contributed by atoms with Crippen LogP contribution in [0.1, 0.15) is 12.8 Å². The summed E-state index contributed by atoms with van der Waals surface area (Å²) < 4.78 is 0. The van der Waals surface area contributed by atoms with E-state index in [1.165, 1.54) is 0 Å². The van der Waals surface area contributed by atoms with Gasteiger partial charge in [-0.2, -0.15) is 0 Å². The van der Waals surface area contributed by atoms with Crippen molar-refractivity contribution >= 4 is 24.0 Å². The van der Waals surface area contributed by atoms with Crippen molar-refractivity contribution in [2.75, 3.05) is 38.6 Å². The minimum atomic E-state index is 0. The molecular formula is C15H24ClN3O. The first-order valence-electron chi connectivity index (χ1n) is 6.91. The number of amides is 1. The highest BCUT2D eigenvalue weighted by Gasteiger charge is 2.21. The Morgan fingerprint density at radius 3 is 2.40 bits per heavy atom. The largest absolute Gasteiger partial charge is 0.317 e. The van der Waals surface area contributed by atoms with Crippen molar-refractivity contribution in [3.8, 4) is 0 Å². The van der Waals surface area contributed by atoms with Crippen LogP contribution < -0.4 is 10.2 Å². The van der Waals surface area contributed by atoms with Crippen LogP contribution in [0.2, 0.25) is 0 Å². The maximum absolute atomic E-state index is 12.3.